The third-order valence-corrected chi connectivity index (χ3v) is 2.68. The molecule has 7 heteroatoms. The van der Waals surface area contributed by atoms with Gasteiger partial charge in [0.1, 0.15) is 0 Å². The Balaban J connectivity index is 2.53. The standard InChI is InChI=1S/C11H14ClN5O/c1-4-7-6-8(5-2)17(16-7)10-13-9(12)14-11(15-10)18-3/h6H,4-5H2,1-3H3. The maximum atomic E-state index is 5.83. The zero-order valence-electron chi connectivity index (χ0n) is 10.5. The second-order valence-corrected chi connectivity index (χ2v) is 3.98. The molecule has 18 heavy (non-hydrogen) atoms. The van der Waals surface area contributed by atoms with Gasteiger partial charge in [-0.05, 0) is 30.5 Å². The zero-order valence-corrected chi connectivity index (χ0v) is 11.3. The highest BCUT2D eigenvalue weighted by Crippen LogP contribution is 2.14. The van der Waals surface area contributed by atoms with Crippen LogP contribution >= 0.6 is 11.6 Å². The van der Waals surface area contributed by atoms with E-state index in [9.17, 15) is 0 Å². The lowest BCUT2D eigenvalue weighted by atomic mass is 10.3. The van der Waals surface area contributed by atoms with Crippen LogP contribution in [0, 0.1) is 0 Å². The minimum atomic E-state index is 0.0902. The maximum Gasteiger partial charge on any atom is 0.322 e. The quantitative estimate of drug-likeness (QED) is 0.846. The molecule has 2 aromatic rings. The van der Waals surface area contributed by atoms with E-state index in [-0.39, 0.29) is 11.3 Å². The fraction of sp³-hybridized carbons (Fsp3) is 0.455. The van der Waals surface area contributed by atoms with Gasteiger partial charge in [-0.3, -0.25) is 0 Å². The van der Waals surface area contributed by atoms with Crippen molar-refractivity contribution in [1.82, 2.24) is 24.7 Å². The van der Waals surface area contributed by atoms with Gasteiger partial charge < -0.3 is 4.74 Å². The summed E-state index contributed by atoms with van der Waals surface area (Å²) in [4.78, 5) is 12.1. The van der Waals surface area contributed by atoms with Gasteiger partial charge in [0, 0.05) is 5.69 Å². The minimum absolute atomic E-state index is 0.0902. The molecule has 0 aliphatic carbocycles. The lowest BCUT2D eigenvalue weighted by molar-refractivity contribution is 0.376. The Morgan fingerprint density at radius 1 is 1.22 bits per heavy atom. The molecule has 0 aromatic carbocycles. The number of methoxy groups -OCH3 is 1. The van der Waals surface area contributed by atoms with Crippen LogP contribution in [-0.2, 0) is 12.8 Å². The highest BCUT2D eigenvalue weighted by Gasteiger charge is 2.12. The maximum absolute atomic E-state index is 5.83. The fourth-order valence-corrected chi connectivity index (χ4v) is 1.73. The lowest BCUT2D eigenvalue weighted by Gasteiger charge is -2.05. The zero-order chi connectivity index (χ0) is 13.1. The van der Waals surface area contributed by atoms with Crippen molar-refractivity contribution < 1.29 is 4.74 Å². The van der Waals surface area contributed by atoms with Crippen molar-refractivity contribution in [2.45, 2.75) is 26.7 Å². The van der Waals surface area contributed by atoms with Crippen molar-refractivity contribution in [1.29, 1.82) is 0 Å². The van der Waals surface area contributed by atoms with E-state index in [1.54, 1.807) is 4.68 Å². The summed E-state index contributed by atoms with van der Waals surface area (Å²) in [6.07, 6.45) is 1.69. The summed E-state index contributed by atoms with van der Waals surface area (Å²) in [5, 5.41) is 4.53. The Morgan fingerprint density at radius 2 is 2.00 bits per heavy atom. The van der Waals surface area contributed by atoms with E-state index >= 15 is 0 Å². The molecular weight excluding hydrogens is 254 g/mol. The number of rotatable bonds is 4. The third-order valence-electron chi connectivity index (χ3n) is 2.51. The van der Waals surface area contributed by atoms with Crippen molar-refractivity contribution in [2.24, 2.45) is 0 Å². The molecular formula is C11H14ClN5O. The molecule has 6 nitrogen and oxygen atoms in total. The number of ether oxygens (including phenoxy) is 1. The van der Waals surface area contributed by atoms with Crippen LogP contribution in [0.3, 0.4) is 0 Å². The number of aryl methyl sites for hydroxylation is 2. The van der Waals surface area contributed by atoms with E-state index in [4.69, 9.17) is 16.3 Å². The van der Waals surface area contributed by atoms with Gasteiger partial charge in [-0.2, -0.15) is 20.1 Å². The van der Waals surface area contributed by atoms with Crippen molar-refractivity contribution in [3.63, 3.8) is 0 Å². The van der Waals surface area contributed by atoms with Gasteiger partial charge in [-0.15, -0.1) is 0 Å². The monoisotopic (exact) mass is 267 g/mol. The molecule has 0 fully saturated rings. The molecule has 0 saturated carbocycles. The molecule has 0 amide bonds. The summed E-state index contributed by atoms with van der Waals surface area (Å²) in [6.45, 7) is 4.10. The van der Waals surface area contributed by atoms with Crippen LogP contribution in [0.4, 0.5) is 0 Å². The van der Waals surface area contributed by atoms with Gasteiger partial charge in [0.05, 0.1) is 12.8 Å². The van der Waals surface area contributed by atoms with Crippen LogP contribution in [0.25, 0.3) is 5.95 Å². The number of hydrogen-bond acceptors (Lipinski definition) is 5. The molecule has 0 bridgehead atoms. The largest absolute Gasteiger partial charge is 0.467 e. The van der Waals surface area contributed by atoms with Crippen molar-refractivity contribution in [3.8, 4) is 12.0 Å². The minimum Gasteiger partial charge on any atom is -0.467 e. The molecule has 2 rings (SSSR count). The summed E-state index contributed by atoms with van der Waals surface area (Å²) < 4.78 is 6.65. The van der Waals surface area contributed by atoms with Crippen LogP contribution in [0.2, 0.25) is 5.28 Å². The molecule has 2 heterocycles. The Morgan fingerprint density at radius 3 is 2.61 bits per heavy atom. The van der Waals surface area contributed by atoms with Gasteiger partial charge in [0.15, 0.2) is 0 Å². The summed E-state index contributed by atoms with van der Waals surface area (Å²) in [5.74, 6) is 0.378. The second-order valence-electron chi connectivity index (χ2n) is 3.64. The van der Waals surface area contributed by atoms with Gasteiger partial charge in [0.25, 0.3) is 5.95 Å². The van der Waals surface area contributed by atoms with Crippen LogP contribution in [0.15, 0.2) is 6.07 Å². The van der Waals surface area contributed by atoms with Crippen LogP contribution in [0.5, 0.6) is 6.01 Å². The molecule has 0 spiro atoms. The summed E-state index contributed by atoms with van der Waals surface area (Å²) in [7, 11) is 1.48. The van der Waals surface area contributed by atoms with Gasteiger partial charge in [-0.25, -0.2) is 4.68 Å². The molecule has 0 aliphatic heterocycles. The predicted molar refractivity (Wildman–Crippen MR) is 67.3 cm³/mol. The summed E-state index contributed by atoms with van der Waals surface area (Å²) in [5.41, 5.74) is 2.01. The van der Waals surface area contributed by atoms with Crippen LogP contribution in [0.1, 0.15) is 25.2 Å². The van der Waals surface area contributed by atoms with E-state index in [0.717, 1.165) is 24.2 Å². The topological polar surface area (TPSA) is 65.7 Å². The molecule has 0 atom stereocenters. The first-order valence-corrected chi connectivity index (χ1v) is 6.09. The SMILES string of the molecule is CCc1cc(CC)n(-c2nc(Cl)nc(OC)n2)n1. The highest BCUT2D eigenvalue weighted by atomic mass is 35.5. The summed E-state index contributed by atoms with van der Waals surface area (Å²) >= 11 is 5.83. The third kappa shape index (κ3) is 2.43. The number of aromatic nitrogens is 5. The number of nitrogens with zero attached hydrogens (tertiary/aromatic N) is 5. The fourth-order valence-electron chi connectivity index (χ4n) is 1.58. The normalized spacial score (nSPS) is 10.7. The molecule has 2 aromatic heterocycles. The van der Waals surface area contributed by atoms with Crippen LogP contribution in [-0.4, -0.2) is 31.8 Å². The Bertz CT molecular complexity index is 554. The van der Waals surface area contributed by atoms with E-state index in [0.29, 0.717) is 5.95 Å². The summed E-state index contributed by atoms with van der Waals surface area (Å²) in [6, 6.07) is 2.21. The van der Waals surface area contributed by atoms with E-state index < -0.39 is 0 Å². The van der Waals surface area contributed by atoms with Crippen molar-refractivity contribution >= 4 is 11.6 Å². The molecule has 96 valence electrons. The Labute approximate surface area is 110 Å². The van der Waals surface area contributed by atoms with E-state index in [2.05, 4.69) is 20.1 Å². The average molecular weight is 268 g/mol. The van der Waals surface area contributed by atoms with Gasteiger partial charge in [0.2, 0.25) is 5.28 Å². The molecule has 0 unspecified atom stereocenters. The first kappa shape index (κ1) is 12.8. The van der Waals surface area contributed by atoms with Crippen LogP contribution < -0.4 is 4.74 Å². The first-order valence-electron chi connectivity index (χ1n) is 5.71. The predicted octanol–water partition coefficient (Wildman–Crippen LogP) is 1.84. The Kier molecular flexibility index (Phi) is 3.76. The van der Waals surface area contributed by atoms with E-state index in [1.807, 2.05) is 19.9 Å². The van der Waals surface area contributed by atoms with Crippen molar-refractivity contribution in [3.05, 3.63) is 22.7 Å². The van der Waals surface area contributed by atoms with Gasteiger partial charge in [-0.1, -0.05) is 13.8 Å². The average Bonchev–Trinajstić information content (AvgIpc) is 2.81. The van der Waals surface area contributed by atoms with E-state index in [1.165, 1.54) is 7.11 Å². The second kappa shape index (κ2) is 5.30. The molecule has 0 radical (unpaired) electrons. The molecule has 0 N–H and O–H groups in total. The van der Waals surface area contributed by atoms with Gasteiger partial charge >= 0.3 is 6.01 Å². The first-order chi connectivity index (χ1) is 8.67. The van der Waals surface area contributed by atoms with Crippen molar-refractivity contribution in [2.75, 3.05) is 7.11 Å². The molecule has 0 saturated heterocycles. The highest BCUT2D eigenvalue weighted by molar-refractivity contribution is 6.28. The number of halogens is 1. The molecule has 0 aliphatic rings. The Hall–Kier alpha value is -1.69. The lowest BCUT2D eigenvalue weighted by Crippen LogP contribution is -2.09. The smallest absolute Gasteiger partial charge is 0.322 e. The number of hydrogen-bond donors (Lipinski definition) is 0.